The molecule has 2 aliphatic heterocycles. The highest BCUT2D eigenvalue weighted by atomic mass is 32.2. The Hall–Kier alpha value is -3.46. The Morgan fingerprint density at radius 2 is 1.44 bits per heavy atom. The van der Waals surface area contributed by atoms with Gasteiger partial charge < -0.3 is 9.47 Å². The molecule has 1 saturated carbocycles. The van der Waals surface area contributed by atoms with Crippen LogP contribution in [0, 0.1) is 19.8 Å². The lowest BCUT2D eigenvalue weighted by molar-refractivity contribution is -0.157. The fourth-order valence-electron chi connectivity index (χ4n) is 5.61. The number of carbonyl (C=O) groups excluding carboxylic acids is 3. The summed E-state index contributed by atoms with van der Waals surface area (Å²) in [6.45, 7) is 3.96. The fraction of sp³-hybridized carbons (Fsp3) is 0.433. The van der Waals surface area contributed by atoms with Gasteiger partial charge in [-0.1, -0.05) is 78.9 Å². The normalized spacial score (nSPS) is 23.8. The molecule has 2 aromatic rings. The summed E-state index contributed by atoms with van der Waals surface area (Å²) in [7, 11) is 2.53. The number of carbonyl (C=O) groups is 3. The van der Waals surface area contributed by atoms with Crippen LogP contribution in [0.3, 0.4) is 0 Å². The molecule has 2 aromatic carbocycles. The summed E-state index contributed by atoms with van der Waals surface area (Å²) in [5.41, 5.74) is 2.00. The topological polar surface area (TPSA) is 97.6 Å². The SMILES string of the molecule is COC(=O)[C@@H]1C(=NC2CCCCC2)SC2=NC(c3ccc(C)cc3)(c3ccc(C)cc3)C(=O)N2[C@@H]1C(=O)OC. The Kier molecular flexibility index (Phi) is 7.62. The standard InChI is InChI=1S/C30H33N3O5S/c1-18-10-14-20(15-11-18)30(21-16-12-19(2)13-17-21)28(36)33-24(27(35)38-4)23(26(34)37-3)25(39-29(33)32-30)31-22-8-6-5-7-9-22/h10-17,22-24H,5-9H2,1-4H3/t23-,24-/m0/s1. The smallest absolute Gasteiger partial charge is 0.330 e. The number of amides is 1. The van der Waals surface area contributed by atoms with Crippen molar-refractivity contribution in [3.8, 4) is 0 Å². The van der Waals surface area contributed by atoms with Gasteiger partial charge in [-0.05, 0) is 49.6 Å². The van der Waals surface area contributed by atoms with E-state index in [-0.39, 0.29) is 6.04 Å². The molecule has 9 heteroatoms. The van der Waals surface area contributed by atoms with E-state index < -0.39 is 35.3 Å². The van der Waals surface area contributed by atoms with Gasteiger partial charge in [0.25, 0.3) is 5.91 Å². The predicted octanol–water partition coefficient (Wildman–Crippen LogP) is 4.55. The first-order chi connectivity index (χ1) is 18.8. The van der Waals surface area contributed by atoms with Crippen LogP contribution < -0.4 is 0 Å². The Balaban J connectivity index is 1.71. The monoisotopic (exact) mass is 547 g/mol. The summed E-state index contributed by atoms with van der Waals surface area (Å²) >= 11 is 1.18. The minimum absolute atomic E-state index is 0.0370. The van der Waals surface area contributed by atoms with Crippen LogP contribution in [0.4, 0.5) is 0 Å². The molecule has 0 bridgehead atoms. The average molecular weight is 548 g/mol. The highest BCUT2D eigenvalue weighted by Gasteiger charge is 2.60. The second-order valence-electron chi connectivity index (χ2n) is 10.3. The van der Waals surface area contributed by atoms with Crippen molar-refractivity contribution in [1.29, 1.82) is 0 Å². The molecule has 1 aliphatic carbocycles. The van der Waals surface area contributed by atoms with Gasteiger partial charge in [0, 0.05) is 0 Å². The van der Waals surface area contributed by atoms with Crippen molar-refractivity contribution < 1.29 is 23.9 Å². The number of aryl methyl sites for hydroxylation is 2. The lowest BCUT2D eigenvalue weighted by atomic mass is 9.81. The molecule has 0 N–H and O–H groups in total. The zero-order chi connectivity index (χ0) is 27.7. The molecule has 204 valence electrons. The average Bonchev–Trinajstić information content (AvgIpc) is 3.25. The largest absolute Gasteiger partial charge is 0.468 e. The molecule has 2 heterocycles. The van der Waals surface area contributed by atoms with Gasteiger partial charge in [0.2, 0.25) is 0 Å². The first-order valence-corrected chi connectivity index (χ1v) is 14.1. The van der Waals surface area contributed by atoms with Crippen LogP contribution in [0.15, 0.2) is 58.5 Å². The van der Waals surface area contributed by atoms with E-state index in [0.29, 0.717) is 21.3 Å². The molecule has 0 aromatic heterocycles. The van der Waals surface area contributed by atoms with E-state index in [4.69, 9.17) is 19.5 Å². The summed E-state index contributed by atoms with van der Waals surface area (Å²) in [4.78, 5) is 52.6. The Morgan fingerprint density at radius 1 is 0.897 bits per heavy atom. The van der Waals surface area contributed by atoms with Crippen LogP contribution in [0.1, 0.15) is 54.4 Å². The Bertz CT molecular complexity index is 1280. The maximum Gasteiger partial charge on any atom is 0.330 e. The number of aliphatic imine (C=N–C) groups is 2. The van der Waals surface area contributed by atoms with Crippen molar-refractivity contribution in [2.45, 2.75) is 63.6 Å². The summed E-state index contributed by atoms with van der Waals surface area (Å²) < 4.78 is 10.3. The van der Waals surface area contributed by atoms with Crippen LogP contribution in [-0.2, 0) is 29.4 Å². The number of hydrogen-bond donors (Lipinski definition) is 0. The zero-order valence-electron chi connectivity index (χ0n) is 22.7. The minimum atomic E-state index is -1.43. The maximum absolute atomic E-state index is 14.6. The van der Waals surface area contributed by atoms with Crippen LogP contribution in [0.2, 0.25) is 0 Å². The maximum atomic E-state index is 14.6. The summed E-state index contributed by atoms with van der Waals surface area (Å²) in [5.74, 6) is -2.88. The summed E-state index contributed by atoms with van der Waals surface area (Å²) in [5, 5.41) is 0.766. The van der Waals surface area contributed by atoms with Crippen molar-refractivity contribution in [3.05, 3.63) is 70.8 Å². The molecule has 3 aliphatic rings. The molecule has 1 saturated heterocycles. The number of hydrogen-bond acceptors (Lipinski definition) is 8. The van der Waals surface area contributed by atoms with Crippen molar-refractivity contribution in [2.75, 3.05) is 14.2 Å². The van der Waals surface area contributed by atoms with E-state index >= 15 is 0 Å². The highest BCUT2D eigenvalue weighted by molar-refractivity contribution is 8.26. The number of thioether (sulfide) groups is 1. The Morgan fingerprint density at radius 3 is 1.95 bits per heavy atom. The third-order valence-electron chi connectivity index (χ3n) is 7.77. The molecular formula is C30H33N3O5S. The van der Waals surface area contributed by atoms with Crippen molar-refractivity contribution in [2.24, 2.45) is 15.9 Å². The molecular weight excluding hydrogens is 514 g/mol. The Labute approximate surface area is 232 Å². The van der Waals surface area contributed by atoms with Gasteiger partial charge in [0.15, 0.2) is 16.7 Å². The van der Waals surface area contributed by atoms with E-state index in [1.165, 1.54) is 30.9 Å². The number of benzene rings is 2. The van der Waals surface area contributed by atoms with Gasteiger partial charge in [-0.15, -0.1) is 0 Å². The fourth-order valence-corrected chi connectivity index (χ4v) is 6.83. The third kappa shape index (κ3) is 4.77. The quantitative estimate of drug-likeness (QED) is 0.510. The second kappa shape index (κ2) is 11.0. The van der Waals surface area contributed by atoms with Gasteiger partial charge in [-0.3, -0.25) is 19.5 Å². The van der Waals surface area contributed by atoms with Gasteiger partial charge in [-0.25, -0.2) is 9.79 Å². The molecule has 0 unspecified atom stereocenters. The molecule has 0 spiro atoms. The van der Waals surface area contributed by atoms with Crippen LogP contribution in [0.25, 0.3) is 0 Å². The number of rotatable bonds is 5. The molecule has 2 atom stereocenters. The summed E-state index contributed by atoms with van der Waals surface area (Å²) in [6.07, 6.45) is 5.10. The van der Waals surface area contributed by atoms with Crippen LogP contribution >= 0.6 is 11.8 Å². The lowest BCUT2D eigenvalue weighted by Gasteiger charge is -2.37. The molecule has 8 nitrogen and oxygen atoms in total. The van der Waals surface area contributed by atoms with Crippen molar-refractivity contribution in [3.63, 3.8) is 0 Å². The first-order valence-electron chi connectivity index (χ1n) is 13.3. The molecule has 2 fully saturated rings. The first kappa shape index (κ1) is 27.1. The molecule has 0 radical (unpaired) electrons. The predicted molar refractivity (Wildman–Crippen MR) is 151 cm³/mol. The number of ether oxygens (including phenoxy) is 2. The van der Waals surface area contributed by atoms with E-state index in [9.17, 15) is 14.4 Å². The highest BCUT2D eigenvalue weighted by Crippen LogP contribution is 2.47. The number of nitrogens with zero attached hydrogens (tertiary/aromatic N) is 3. The van der Waals surface area contributed by atoms with Gasteiger partial charge in [0.1, 0.15) is 5.92 Å². The second-order valence-corrected chi connectivity index (χ2v) is 11.3. The number of amidine groups is 1. The lowest BCUT2D eigenvalue weighted by Crippen LogP contribution is -2.59. The van der Waals surface area contributed by atoms with Gasteiger partial charge >= 0.3 is 11.9 Å². The minimum Gasteiger partial charge on any atom is -0.468 e. The van der Waals surface area contributed by atoms with E-state index in [2.05, 4.69) is 0 Å². The van der Waals surface area contributed by atoms with E-state index in [1.807, 2.05) is 62.4 Å². The van der Waals surface area contributed by atoms with Crippen molar-refractivity contribution in [1.82, 2.24) is 4.90 Å². The third-order valence-corrected chi connectivity index (χ3v) is 8.81. The van der Waals surface area contributed by atoms with Crippen LogP contribution in [0.5, 0.6) is 0 Å². The number of esters is 2. The number of fused-ring (bicyclic) bond motifs is 1. The molecule has 39 heavy (non-hydrogen) atoms. The molecule has 1 amide bonds. The van der Waals surface area contributed by atoms with Crippen molar-refractivity contribution >= 4 is 39.8 Å². The molecule has 5 rings (SSSR count). The zero-order valence-corrected chi connectivity index (χ0v) is 23.5. The van der Waals surface area contributed by atoms with Gasteiger partial charge in [-0.2, -0.15) is 0 Å². The van der Waals surface area contributed by atoms with Gasteiger partial charge in [0.05, 0.1) is 25.3 Å². The van der Waals surface area contributed by atoms with E-state index in [1.54, 1.807) is 0 Å². The van der Waals surface area contributed by atoms with E-state index in [0.717, 1.165) is 43.2 Å². The summed E-state index contributed by atoms with van der Waals surface area (Å²) in [6, 6.07) is 14.1. The number of methoxy groups -OCH3 is 2. The van der Waals surface area contributed by atoms with Crippen LogP contribution in [-0.4, -0.2) is 59.3 Å².